The first kappa shape index (κ1) is 13.6. The Balaban J connectivity index is 1.57. The van der Waals surface area contributed by atoms with Crippen molar-refractivity contribution in [2.75, 3.05) is 11.9 Å². The van der Waals surface area contributed by atoms with Gasteiger partial charge in [0.05, 0.1) is 5.69 Å². The summed E-state index contributed by atoms with van der Waals surface area (Å²) in [6.45, 7) is 0.526. The molecule has 0 saturated heterocycles. The van der Waals surface area contributed by atoms with Crippen molar-refractivity contribution in [3.63, 3.8) is 0 Å². The zero-order valence-corrected chi connectivity index (χ0v) is 12.4. The van der Waals surface area contributed by atoms with Gasteiger partial charge in [-0.15, -0.1) is 0 Å². The number of carbonyl (C=O) groups excluding carboxylic acids is 1. The predicted octanol–water partition coefficient (Wildman–Crippen LogP) is 3.75. The maximum atomic E-state index is 11.4. The average Bonchev–Trinajstić information content (AvgIpc) is 2.59. The lowest BCUT2D eigenvalue weighted by atomic mass is 10.1. The highest BCUT2D eigenvalue weighted by Crippen LogP contribution is 2.32. The highest BCUT2D eigenvalue weighted by molar-refractivity contribution is 5.95. The molecule has 4 heteroatoms. The Kier molecular flexibility index (Phi) is 3.35. The molecule has 0 aliphatic carbocycles. The molecule has 0 saturated carbocycles. The highest BCUT2D eigenvalue weighted by Gasteiger charge is 2.16. The lowest BCUT2D eigenvalue weighted by Crippen LogP contribution is -2.25. The molecule has 0 bridgehead atoms. The summed E-state index contributed by atoms with van der Waals surface area (Å²) >= 11 is 0. The molecule has 0 atom stereocenters. The van der Waals surface area contributed by atoms with Crippen LogP contribution in [0.4, 0.5) is 5.69 Å². The van der Waals surface area contributed by atoms with E-state index in [9.17, 15) is 4.79 Å². The first-order valence-corrected chi connectivity index (χ1v) is 7.46. The molecule has 3 aromatic rings. The van der Waals surface area contributed by atoms with Gasteiger partial charge in [-0.1, -0.05) is 42.5 Å². The third-order valence-corrected chi connectivity index (χ3v) is 3.86. The van der Waals surface area contributed by atoms with E-state index in [0.29, 0.717) is 23.8 Å². The molecule has 0 radical (unpaired) electrons. The van der Waals surface area contributed by atoms with Crippen LogP contribution in [0.5, 0.6) is 11.5 Å². The van der Waals surface area contributed by atoms with Crippen LogP contribution in [0.25, 0.3) is 10.8 Å². The van der Waals surface area contributed by atoms with Gasteiger partial charge in [0.15, 0.2) is 6.61 Å². The van der Waals surface area contributed by atoms with E-state index in [1.165, 1.54) is 10.8 Å². The zero-order valence-electron chi connectivity index (χ0n) is 12.4. The van der Waals surface area contributed by atoms with E-state index in [1.807, 2.05) is 30.3 Å². The second kappa shape index (κ2) is 5.65. The number of benzene rings is 3. The Morgan fingerprint density at radius 1 is 1.04 bits per heavy atom. The van der Waals surface area contributed by atoms with E-state index in [4.69, 9.17) is 9.47 Å². The third-order valence-electron chi connectivity index (χ3n) is 3.86. The number of hydrogen-bond donors (Lipinski definition) is 1. The predicted molar refractivity (Wildman–Crippen MR) is 88.8 cm³/mol. The largest absolute Gasteiger partial charge is 0.489 e. The van der Waals surface area contributed by atoms with Crippen molar-refractivity contribution in [1.29, 1.82) is 0 Å². The molecular weight excluding hydrogens is 290 g/mol. The van der Waals surface area contributed by atoms with Crippen molar-refractivity contribution in [2.45, 2.75) is 6.61 Å². The van der Waals surface area contributed by atoms with Crippen molar-refractivity contribution < 1.29 is 14.3 Å². The van der Waals surface area contributed by atoms with E-state index in [1.54, 1.807) is 6.07 Å². The standard InChI is InChI=1S/C19H15NO3/c21-19-12-23-18-9-8-15(10-17(18)20-19)22-11-14-6-3-5-13-4-1-2-7-16(13)14/h1-10H,11-12H2,(H,20,21). The molecule has 3 aromatic carbocycles. The molecule has 1 aliphatic rings. The Morgan fingerprint density at radius 2 is 1.91 bits per heavy atom. The van der Waals surface area contributed by atoms with Gasteiger partial charge in [0, 0.05) is 6.07 Å². The van der Waals surface area contributed by atoms with E-state index < -0.39 is 0 Å². The smallest absolute Gasteiger partial charge is 0.262 e. The van der Waals surface area contributed by atoms with Crippen LogP contribution in [0.15, 0.2) is 60.7 Å². The van der Waals surface area contributed by atoms with Crippen LogP contribution >= 0.6 is 0 Å². The first-order chi connectivity index (χ1) is 11.3. The average molecular weight is 305 g/mol. The molecule has 1 amide bonds. The van der Waals surface area contributed by atoms with Crippen LogP contribution in [0, 0.1) is 0 Å². The van der Waals surface area contributed by atoms with Gasteiger partial charge in [-0.2, -0.15) is 0 Å². The normalized spacial score (nSPS) is 13.1. The number of ether oxygens (including phenoxy) is 2. The second-order valence-electron chi connectivity index (χ2n) is 5.42. The molecule has 23 heavy (non-hydrogen) atoms. The van der Waals surface area contributed by atoms with E-state index >= 15 is 0 Å². The van der Waals surface area contributed by atoms with Crippen LogP contribution < -0.4 is 14.8 Å². The van der Waals surface area contributed by atoms with Gasteiger partial charge in [0.25, 0.3) is 5.91 Å². The van der Waals surface area contributed by atoms with Gasteiger partial charge >= 0.3 is 0 Å². The molecule has 4 rings (SSSR count). The van der Waals surface area contributed by atoms with Gasteiger partial charge in [0.1, 0.15) is 18.1 Å². The van der Waals surface area contributed by atoms with Gasteiger partial charge in [0.2, 0.25) is 0 Å². The lowest BCUT2D eigenvalue weighted by molar-refractivity contribution is -0.118. The monoisotopic (exact) mass is 305 g/mol. The first-order valence-electron chi connectivity index (χ1n) is 7.46. The van der Waals surface area contributed by atoms with Gasteiger partial charge in [-0.25, -0.2) is 0 Å². The Labute approximate surface area is 133 Å². The molecular formula is C19H15NO3. The molecule has 4 nitrogen and oxygen atoms in total. The molecule has 0 spiro atoms. The van der Waals surface area contributed by atoms with Crippen LogP contribution in [0.3, 0.4) is 0 Å². The molecule has 0 aromatic heterocycles. The van der Waals surface area contributed by atoms with Crippen LogP contribution in [-0.2, 0) is 11.4 Å². The van der Waals surface area contributed by atoms with Crippen molar-refractivity contribution >= 4 is 22.4 Å². The van der Waals surface area contributed by atoms with E-state index in [-0.39, 0.29) is 12.5 Å². The second-order valence-corrected chi connectivity index (χ2v) is 5.42. The van der Waals surface area contributed by atoms with Crippen molar-refractivity contribution in [2.24, 2.45) is 0 Å². The van der Waals surface area contributed by atoms with Gasteiger partial charge in [-0.05, 0) is 28.5 Å². The molecule has 0 fully saturated rings. The Bertz CT molecular complexity index is 883. The number of anilines is 1. The summed E-state index contributed by atoms with van der Waals surface area (Å²) in [5.74, 6) is 1.22. The zero-order chi connectivity index (χ0) is 15.6. The summed E-state index contributed by atoms with van der Waals surface area (Å²) in [7, 11) is 0. The van der Waals surface area contributed by atoms with Gasteiger partial charge in [-0.3, -0.25) is 4.79 Å². The molecule has 1 heterocycles. The Hall–Kier alpha value is -3.01. The van der Waals surface area contributed by atoms with Crippen molar-refractivity contribution in [3.8, 4) is 11.5 Å². The summed E-state index contributed by atoms with van der Waals surface area (Å²) in [6.07, 6.45) is 0. The summed E-state index contributed by atoms with van der Waals surface area (Å²) in [5, 5.41) is 5.16. The number of carbonyl (C=O) groups is 1. The fourth-order valence-electron chi connectivity index (χ4n) is 2.73. The number of rotatable bonds is 3. The molecule has 1 N–H and O–H groups in total. The topological polar surface area (TPSA) is 47.6 Å². The number of amides is 1. The van der Waals surface area contributed by atoms with Crippen LogP contribution in [0.1, 0.15) is 5.56 Å². The summed E-state index contributed by atoms with van der Waals surface area (Å²) < 4.78 is 11.2. The number of fused-ring (bicyclic) bond motifs is 2. The van der Waals surface area contributed by atoms with Crippen molar-refractivity contribution in [1.82, 2.24) is 0 Å². The third kappa shape index (κ3) is 2.71. The van der Waals surface area contributed by atoms with Gasteiger partial charge < -0.3 is 14.8 Å². The summed E-state index contributed by atoms with van der Waals surface area (Å²) in [4.78, 5) is 11.4. The molecule has 114 valence electrons. The van der Waals surface area contributed by atoms with Crippen LogP contribution in [-0.4, -0.2) is 12.5 Å². The van der Waals surface area contributed by atoms with E-state index in [0.717, 1.165) is 5.56 Å². The minimum absolute atomic E-state index is 0.0587. The summed E-state index contributed by atoms with van der Waals surface area (Å²) in [5.41, 5.74) is 1.78. The Morgan fingerprint density at radius 3 is 2.87 bits per heavy atom. The quantitative estimate of drug-likeness (QED) is 0.801. The fourth-order valence-corrected chi connectivity index (χ4v) is 2.73. The minimum Gasteiger partial charge on any atom is -0.489 e. The SMILES string of the molecule is O=C1COc2ccc(OCc3cccc4ccccc34)cc2N1. The maximum absolute atomic E-state index is 11.4. The van der Waals surface area contributed by atoms with Crippen LogP contribution in [0.2, 0.25) is 0 Å². The fraction of sp³-hybridized carbons (Fsp3) is 0.105. The van der Waals surface area contributed by atoms with Crippen molar-refractivity contribution in [3.05, 3.63) is 66.2 Å². The molecule has 1 aliphatic heterocycles. The molecule has 0 unspecified atom stereocenters. The number of hydrogen-bond acceptors (Lipinski definition) is 3. The number of nitrogens with one attached hydrogen (secondary N) is 1. The highest BCUT2D eigenvalue weighted by atomic mass is 16.5. The lowest BCUT2D eigenvalue weighted by Gasteiger charge is -2.18. The van der Waals surface area contributed by atoms with E-state index in [2.05, 4.69) is 29.6 Å². The summed E-state index contributed by atoms with van der Waals surface area (Å²) in [6, 6.07) is 19.9. The minimum atomic E-state index is -0.149. The maximum Gasteiger partial charge on any atom is 0.262 e.